The Hall–Kier alpha value is -3.09. The average Bonchev–Trinajstić information content (AvgIpc) is 3.14. The lowest BCUT2D eigenvalue weighted by Crippen LogP contribution is -2.41. The molecule has 7 heteroatoms. The first kappa shape index (κ1) is 13.9. The Kier molecular flexibility index (Phi) is 3.38. The molecule has 0 radical (unpaired) electrons. The summed E-state index contributed by atoms with van der Waals surface area (Å²) in [6.45, 7) is 1.63. The summed E-state index contributed by atoms with van der Waals surface area (Å²) in [6.07, 6.45) is 1.34. The van der Waals surface area contributed by atoms with Crippen molar-refractivity contribution in [1.29, 1.82) is 0 Å². The van der Waals surface area contributed by atoms with E-state index in [1.807, 2.05) is 0 Å². The molecule has 1 aromatic carbocycles. The summed E-state index contributed by atoms with van der Waals surface area (Å²) in [6, 6.07) is 7.41. The van der Waals surface area contributed by atoms with E-state index in [9.17, 15) is 14.0 Å². The van der Waals surface area contributed by atoms with Gasteiger partial charge in [-0.1, -0.05) is 12.1 Å². The second-order valence-electron chi connectivity index (χ2n) is 4.56. The zero-order valence-corrected chi connectivity index (χ0v) is 11.5. The number of halogens is 1. The SMILES string of the molecule is Cc1c(C(=O)NNC(=O)c2ccco2)oc2c(F)cccc12. The first-order chi connectivity index (χ1) is 10.6. The van der Waals surface area contributed by atoms with Gasteiger partial charge >= 0.3 is 11.8 Å². The van der Waals surface area contributed by atoms with Crippen LogP contribution in [0, 0.1) is 12.7 Å². The molecule has 0 unspecified atom stereocenters. The first-order valence-corrected chi connectivity index (χ1v) is 6.39. The van der Waals surface area contributed by atoms with E-state index in [1.165, 1.54) is 24.5 Å². The van der Waals surface area contributed by atoms with E-state index >= 15 is 0 Å². The van der Waals surface area contributed by atoms with Crippen molar-refractivity contribution in [2.75, 3.05) is 0 Å². The normalized spacial score (nSPS) is 10.6. The van der Waals surface area contributed by atoms with Crippen molar-refractivity contribution < 1.29 is 22.8 Å². The van der Waals surface area contributed by atoms with Gasteiger partial charge in [0.05, 0.1) is 6.26 Å². The summed E-state index contributed by atoms with van der Waals surface area (Å²) >= 11 is 0. The zero-order valence-electron chi connectivity index (χ0n) is 11.5. The smallest absolute Gasteiger partial charge is 0.305 e. The van der Waals surface area contributed by atoms with Crippen molar-refractivity contribution >= 4 is 22.8 Å². The maximum atomic E-state index is 13.6. The van der Waals surface area contributed by atoms with Crippen LogP contribution in [0.2, 0.25) is 0 Å². The van der Waals surface area contributed by atoms with Gasteiger partial charge < -0.3 is 8.83 Å². The van der Waals surface area contributed by atoms with E-state index in [1.54, 1.807) is 19.1 Å². The number of benzene rings is 1. The van der Waals surface area contributed by atoms with E-state index in [2.05, 4.69) is 10.9 Å². The highest BCUT2D eigenvalue weighted by Gasteiger charge is 2.20. The Morgan fingerprint density at radius 1 is 1.09 bits per heavy atom. The highest BCUT2D eigenvalue weighted by Crippen LogP contribution is 2.26. The molecule has 3 rings (SSSR count). The summed E-state index contributed by atoms with van der Waals surface area (Å²) in [5.41, 5.74) is 4.86. The highest BCUT2D eigenvalue weighted by atomic mass is 19.1. The molecule has 2 amide bonds. The van der Waals surface area contributed by atoms with E-state index in [-0.39, 0.29) is 17.1 Å². The van der Waals surface area contributed by atoms with Crippen molar-refractivity contribution in [3.63, 3.8) is 0 Å². The number of aryl methyl sites for hydroxylation is 1. The van der Waals surface area contributed by atoms with Gasteiger partial charge in [-0.2, -0.15) is 0 Å². The van der Waals surface area contributed by atoms with Crippen molar-refractivity contribution in [3.05, 3.63) is 59.5 Å². The lowest BCUT2D eigenvalue weighted by atomic mass is 10.1. The minimum Gasteiger partial charge on any atom is -0.459 e. The Morgan fingerprint density at radius 3 is 2.55 bits per heavy atom. The van der Waals surface area contributed by atoms with Gasteiger partial charge in [0.1, 0.15) is 0 Å². The topological polar surface area (TPSA) is 84.5 Å². The predicted molar refractivity (Wildman–Crippen MR) is 74.5 cm³/mol. The van der Waals surface area contributed by atoms with E-state index < -0.39 is 17.6 Å². The molecule has 22 heavy (non-hydrogen) atoms. The van der Waals surface area contributed by atoms with Gasteiger partial charge in [0.2, 0.25) is 0 Å². The van der Waals surface area contributed by atoms with Crippen LogP contribution >= 0.6 is 0 Å². The van der Waals surface area contributed by atoms with Crippen LogP contribution in [0.25, 0.3) is 11.0 Å². The van der Waals surface area contributed by atoms with Crippen LogP contribution < -0.4 is 10.9 Å². The Balaban J connectivity index is 1.79. The zero-order chi connectivity index (χ0) is 15.7. The number of furan rings is 2. The van der Waals surface area contributed by atoms with Crippen LogP contribution in [-0.4, -0.2) is 11.8 Å². The third-order valence-corrected chi connectivity index (χ3v) is 3.16. The van der Waals surface area contributed by atoms with Crippen molar-refractivity contribution in [2.24, 2.45) is 0 Å². The molecule has 112 valence electrons. The number of carbonyl (C=O) groups excluding carboxylic acids is 2. The molecule has 0 spiro atoms. The molecule has 0 saturated carbocycles. The fraction of sp³-hybridized carbons (Fsp3) is 0.0667. The molecule has 6 nitrogen and oxygen atoms in total. The fourth-order valence-corrected chi connectivity index (χ4v) is 2.07. The second-order valence-corrected chi connectivity index (χ2v) is 4.56. The number of amides is 2. The van der Waals surface area contributed by atoms with Crippen LogP contribution in [0.3, 0.4) is 0 Å². The molecular weight excluding hydrogens is 291 g/mol. The van der Waals surface area contributed by atoms with Gasteiger partial charge in [-0.15, -0.1) is 0 Å². The van der Waals surface area contributed by atoms with Crippen LogP contribution in [0.4, 0.5) is 4.39 Å². The Morgan fingerprint density at radius 2 is 1.86 bits per heavy atom. The Bertz CT molecular complexity index is 852. The monoisotopic (exact) mass is 302 g/mol. The number of para-hydroxylation sites is 1. The summed E-state index contributed by atoms with van der Waals surface area (Å²) < 4.78 is 23.8. The summed E-state index contributed by atoms with van der Waals surface area (Å²) in [5, 5.41) is 0.502. The molecule has 0 aliphatic carbocycles. The maximum Gasteiger partial charge on any atom is 0.305 e. The number of carbonyl (C=O) groups is 2. The van der Waals surface area contributed by atoms with Crippen molar-refractivity contribution in [2.45, 2.75) is 6.92 Å². The van der Waals surface area contributed by atoms with Crippen LogP contribution in [0.5, 0.6) is 0 Å². The molecule has 2 aromatic heterocycles. The second kappa shape index (κ2) is 5.36. The lowest BCUT2D eigenvalue weighted by molar-refractivity contribution is 0.0817. The summed E-state index contributed by atoms with van der Waals surface area (Å²) in [7, 11) is 0. The van der Waals surface area contributed by atoms with Gasteiger partial charge in [0.25, 0.3) is 0 Å². The number of hydrazine groups is 1. The molecule has 0 bridgehead atoms. The standard InChI is InChI=1S/C15H11FN2O4/c1-8-9-4-2-5-10(16)13(9)22-12(8)15(20)18-17-14(19)11-6-3-7-21-11/h2-7H,1H3,(H,17,19)(H,18,20). The van der Waals surface area contributed by atoms with Crippen LogP contribution in [-0.2, 0) is 0 Å². The van der Waals surface area contributed by atoms with E-state index in [0.29, 0.717) is 10.9 Å². The highest BCUT2D eigenvalue weighted by molar-refractivity contribution is 6.00. The predicted octanol–water partition coefficient (Wildman–Crippen LogP) is 2.55. The molecule has 0 fully saturated rings. The number of hydrogen-bond donors (Lipinski definition) is 2. The van der Waals surface area contributed by atoms with Gasteiger partial charge in [-0.3, -0.25) is 20.4 Å². The minimum atomic E-state index is -0.687. The number of hydrogen-bond acceptors (Lipinski definition) is 4. The quantitative estimate of drug-likeness (QED) is 0.712. The molecule has 0 atom stereocenters. The molecule has 2 heterocycles. The first-order valence-electron chi connectivity index (χ1n) is 6.39. The largest absolute Gasteiger partial charge is 0.459 e. The summed E-state index contributed by atoms with van der Waals surface area (Å²) in [4.78, 5) is 23.7. The van der Waals surface area contributed by atoms with Crippen LogP contribution in [0.1, 0.15) is 26.7 Å². The van der Waals surface area contributed by atoms with Gasteiger partial charge in [0, 0.05) is 10.9 Å². The third kappa shape index (κ3) is 2.32. The van der Waals surface area contributed by atoms with Crippen LogP contribution in [0.15, 0.2) is 45.4 Å². The lowest BCUT2D eigenvalue weighted by Gasteiger charge is -2.04. The fourth-order valence-electron chi connectivity index (χ4n) is 2.07. The molecular formula is C15H11FN2O4. The van der Waals surface area contributed by atoms with Gasteiger partial charge in [-0.25, -0.2) is 4.39 Å². The third-order valence-electron chi connectivity index (χ3n) is 3.16. The molecule has 0 saturated heterocycles. The Labute approximate surface area is 123 Å². The van der Waals surface area contributed by atoms with E-state index in [0.717, 1.165) is 0 Å². The number of rotatable bonds is 2. The molecule has 0 aliphatic heterocycles. The van der Waals surface area contributed by atoms with Crippen molar-refractivity contribution in [3.8, 4) is 0 Å². The maximum absolute atomic E-state index is 13.6. The summed E-state index contributed by atoms with van der Waals surface area (Å²) in [5.74, 6) is -1.88. The number of fused-ring (bicyclic) bond motifs is 1. The van der Waals surface area contributed by atoms with Gasteiger partial charge in [0.15, 0.2) is 22.9 Å². The van der Waals surface area contributed by atoms with Gasteiger partial charge in [-0.05, 0) is 25.1 Å². The minimum absolute atomic E-state index is 0.00233. The molecule has 2 N–H and O–H groups in total. The number of nitrogens with one attached hydrogen (secondary N) is 2. The molecule has 3 aromatic rings. The molecule has 0 aliphatic rings. The average molecular weight is 302 g/mol. The van der Waals surface area contributed by atoms with E-state index in [4.69, 9.17) is 8.83 Å². The van der Waals surface area contributed by atoms with Crippen molar-refractivity contribution in [1.82, 2.24) is 10.9 Å².